The maximum absolute atomic E-state index is 13.5. The number of aliphatic hydroxyl groups excluding tert-OH is 1. The molecule has 1 atom stereocenters. The first-order valence-electron chi connectivity index (χ1n) is 13.3. The molecule has 1 N–H and O–H groups in total. The van der Waals surface area contributed by atoms with E-state index in [9.17, 15) is 14.7 Å². The number of ether oxygens (including phenoxy) is 3. The summed E-state index contributed by atoms with van der Waals surface area (Å²) < 4.78 is 17.3. The predicted molar refractivity (Wildman–Crippen MR) is 152 cm³/mol. The topological polar surface area (TPSA) is 85.3 Å². The average Bonchev–Trinajstić information content (AvgIpc) is 3.19. The van der Waals surface area contributed by atoms with Crippen LogP contribution in [-0.2, 0) is 9.59 Å². The molecule has 3 aromatic carbocycles. The van der Waals surface area contributed by atoms with Gasteiger partial charge in [0.15, 0.2) is 11.5 Å². The molecule has 7 heteroatoms. The van der Waals surface area contributed by atoms with Gasteiger partial charge in [-0.2, -0.15) is 0 Å². The van der Waals surface area contributed by atoms with E-state index in [1.54, 1.807) is 36.4 Å². The summed E-state index contributed by atoms with van der Waals surface area (Å²) in [5.74, 6) is 0.364. The van der Waals surface area contributed by atoms with Crippen LogP contribution >= 0.6 is 0 Å². The molecule has 0 spiro atoms. The van der Waals surface area contributed by atoms with Crippen molar-refractivity contribution in [3.8, 4) is 17.2 Å². The minimum Gasteiger partial charge on any atom is -0.507 e. The molecule has 1 amide bonds. The van der Waals surface area contributed by atoms with Crippen molar-refractivity contribution in [3.63, 3.8) is 0 Å². The highest BCUT2D eigenvalue weighted by Crippen LogP contribution is 2.44. The second-order valence-electron chi connectivity index (χ2n) is 9.76. The van der Waals surface area contributed by atoms with Crippen molar-refractivity contribution in [1.82, 2.24) is 0 Å². The Kier molecular flexibility index (Phi) is 8.59. The van der Waals surface area contributed by atoms with Gasteiger partial charge < -0.3 is 19.3 Å². The number of aryl methyl sites for hydroxylation is 1. The highest BCUT2D eigenvalue weighted by Gasteiger charge is 2.47. The molecular weight excluding hydrogens is 494 g/mol. The van der Waals surface area contributed by atoms with E-state index in [0.717, 1.165) is 5.56 Å². The number of rotatable bonds is 10. The number of carbonyl (C=O) groups excluding carboxylic acids is 2. The number of carbonyl (C=O) groups is 2. The molecule has 3 aromatic rings. The van der Waals surface area contributed by atoms with Gasteiger partial charge in [-0.3, -0.25) is 14.5 Å². The molecule has 7 nitrogen and oxygen atoms in total. The van der Waals surface area contributed by atoms with Crippen LogP contribution in [0.1, 0.15) is 50.4 Å². The van der Waals surface area contributed by atoms with Crippen LogP contribution in [0, 0.1) is 12.8 Å². The molecule has 0 bridgehead atoms. The molecule has 0 saturated carbocycles. The zero-order chi connectivity index (χ0) is 28.1. The van der Waals surface area contributed by atoms with E-state index in [4.69, 9.17) is 14.2 Å². The van der Waals surface area contributed by atoms with E-state index in [0.29, 0.717) is 59.8 Å². The Bertz CT molecular complexity index is 1380. The zero-order valence-corrected chi connectivity index (χ0v) is 23.1. The third-order valence-electron chi connectivity index (χ3n) is 6.39. The van der Waals surface area contributed by atoms with Crippen LogP contribution in [-0.4, -0.2) is 36.6 Å². The lowest BCUT2D eigenvalue weighted by atomic mass is 9.94. The van der Waals surface area contributed by atoms with Crippen molar-refractivity contribution in [2.75, 3.05) is 24.7 Å². The molecule has 1 fully saturated rings. The normalized spacial score (nSPS) is 16.6. The molecule has 1 heterocycles. The number of amides is 1. The third-order valence-corrected chi connectivity index (χ3v) is 6.39. The zero-order valence-electron chi connectivity index (χ0n) is 23.1. The monoisotopic (exact) mass is 529 g/mol. The Hall–Kier alpha value is -4.26. The van der Waals surface area contributed by atoms with Crippen LogP contribution in [0.2, 0.25) is 0 Å². The number of benzene rings is 3. The second-order valence-corrected chi connectivity index (χ2v) is 9.76. The van der Waals surface area contributed by atoms with E-state index in [1.165, 1.54) is 4.90 Å². The van der Waals surface area contributed by atoms with Gasteiger partial charge in [0.25, 0.3) is 11.7 Å². The lowest BCUT2D eigenvalue weighted by molar-refractivity contribution is -0.132. The van der Waals surface area contributed by atoms with E-state index < -0.39 is 17.7 Å². The molecule has 1 aliphatic rings. The molecule has 1 unspecified atom stereocenters. The summed E-state index contributed by atoms with van der Waals surface area (Å²) in [5, 5.41) is 11.5. The number of hydrogen-bond acceptors (Lipinski definition) is 6. The maximum atomic E-state index is 13.5. The van der Waals surface area contributed by atoms with Gasteiger partial charge in [-0.05, 0) is 68.1 Å². The van der Waals surface area contributed by atoms with Crippen LogP contribution in [0.25, 0.3) is 5.76 Å². The Labute approximate surface area is 229 Å². The minimum atomic E-state index is -0.837. The fourth-order valence-corrected chi connectivity index (χ4v) is 4.61. The number of nitrogens with zero attached hydrogens (tertiary/aromatic N) is 1. The lowest BCUT2D eigenvalue weighted by Crippen LogP contribution is -2.29. The highest BCUT2D eigenvalue weighted by atomic mass is 16.5. The summed E-state index contributed by atoms with van der Waals surface area (Å²) >= 11 is 0. The highest BCUT2D eigenvalue weighted by molar-refractivity contribution is 6.51. The fraction of sp³-hybridized carbons (Fsp3) is 0.312. The third kappa shape index (κ3) is 5.77. The average molecular weight is 530 g/mol. The van der Waals surface area contributed by atoms with Gasteiger partial charge in [-0.25, -0.2) is 0 Å². The van der Waals surface area contributed by atoms with Gasteiger partial charge in [-0.15, -0.1) is 0 Å². The van der Waals surface area contributed by atoms with Crippen LogP contribution in [0.3, 0.4) is 0 Å². The molecule has 1 aliphatic heterocycles. The standard InChI is InChI=1S/C32H35NO6/c1-6-37-26-16-14-24(18-27(26)38-7-2)33-29(22-11-9-8-10-12-22)28(31(35)32(33)36)30(34)23-13-15-25(21(5)17-23)39-19-20(3)4/h8-18,20,29,34H,6-7,19H2,1-5H3/b30-28+. The van der Waals surface area contributed by atoms with Crippen molar-refractivity contribution in [1.29, 1.82) is 0 Å². The number of anilines is 1. The first kappa shape index (κ1) is 27.8. The van der Waals surface area contributed by atoms with Crippen molar-refractivity contribution in [2.24, 2.45) is 5.92 Å². The fourth-order valence-electron chi connectivity index (χ4n) is 4.61. The number of aliphatic hydroxyl groups is 1. The van der Waals surface area contributed by atoms with Crippen LogP contribution < -0.4 is 19.1 Å². The van der Waals surface area contributed by atoms with Crippen molar-refractivity contribution < 1.29 is 28.9 Å². The smallest absolute Gasteiger partial charge is 0.300 e. The summed E-state index contributed by atoms with van der Waals surface area (Å²) in [6.45, 7) is 11.2. The van der Waals surface area contributed by atoms with Gasteiger partial charge in [0.05, 0.1) is 31.4 Å². The molecule has 204 valence electrons. The molecule has 0 radical (unpaired) electrons. The van der Waals surface area contributed by atoms with Crippen molar-refractivity contribution in [2.45, 2.75) is 40.7 Å². The second kappa shape index (κ2) is 12.1. The predicted octanol–water partition coefficient (Wildman–Crippen LogP) is 6.45. The molecule has 0 aliphatic carbocycles. The molecular formula is C32H35NO6. The van der Waals surface area contributed by atoms with E-state index in [-0.39, 0.29) is 11.3 Å². The molecule has 39 heavy (non-hydrogen) atoms. The van der Waals surface area contributed by atoms with Gasteiger partial charge in [0.2, 0.25) is 0 Å². The van der Waals surface area contributed by atoms with E-state index >= 15 is 0 Å². The summed E-state index contributed by atoms with van der Waals surface area (Å²) in [5.41, 5.74) is 2.43. The van der Waals surface area contributed by atoms with E-state index in [1.807, 2.05) is 51.1 Å². The summed E-state index contributed by atoms with van der Waals surface area (Å²) in [6.07, 6.45) is 0. The molecule has 4 rings (SSSR count). The molecule has 0 aromatic heterocycles. The molecule has 1 saturated heterocycles. The van der Waals surface area contributed by atoms with Crippen LogP contribution in [0.4, 0.5) is 5.69 Å². The number of ketones is 1. The van der Waals surface area contributed by atoms with Crippen molar-refractivity contribution >= 4 is 23.1 Å². The van der Waals surface area contributed by atoms with Crippen LogP contribution in [0.5, 0.6) is 17.2 Å². The van der Waals surface area contributed by atoms with E-state index in [2.05, 4.69) is 13.8 Å². The van der Waals surface area contributed by atoms with Gasteiger partial charge in [0, 0.05) is 17.3 Å². The number of hydrogen-bond donors (Lipinski definition) is 1. The van der Waals surface area contributed by atoms with Crippen molar-refractivity contribution in [3.05, 3.63) is 89.0 Å². The minimum absolute atomic E-state index is 0.0216. The van der Waals surface area contributed by atoms with Gasteiger partial charge in [-0.1, -0.05) is 44.2 Å². The Morgan fingerprint density at radius 3 is 2.18 bits per heavy atom. The Balaban J connectivity index is 1.84. The quantitative estimate of drug-likeness (QED) is 0.184. The maximum Gasteiger partial charge on any atom is 0.300 e. The number of Topliss-reactive ketones (excluding diaryl/α,β-unsaturated/α-hetero) is 1. The summed E-state index contributed by atoms with van der Waals surface area (Å²) in [6, 6.07) is 18.8. The largest absolute Gasteiger partial charge is 0.507 e. The van der Waals surface area contributed by atoms with Gasteiger partial charge >= 0.3 is 0 Å². The van der Waals surface area contributed by atoms with Gasteiger partial charge in [0.1, 0.15) is 11.5 Å². The Morgan fingerprint density at radius 1 is 0.872 bits per heavy atom. The first-order chi connectivity index (χ1) is 18.8. The summed E-state index contributed by atoms with van der Waals surface area (Å²) in [7, 11) is 0. The Morgan fingerprint density at radius 2 is 1.54 bits per heavy atom. The lowest BCUT2D eigenvalue weighted by Gasteiger charge is -2.26. The summed E-state index contributed by atoms with van der Waals surface area (Å²) in [4.78, 5) is 28.4. The SMILES string of the molecule is CCOc1ccc(N2C(=O)C(=O)/C(=C(/O)c3ccc(OCC(C)C)c(C)c3)C2c2ccccc2)cc1OCC. The first-order valence-corrected chi connectivity index (χ1v) is 13.3. The van der Waals surface area contributed by atoms with Crippen LogP contribution in [0.15, 0.2) is 72.3 Å².